The Hall–Kier alpha value is -0.260. The SMILES string of the molecule is C[C@]12CC[C@H]3[C@@H](CCC4C[C@@H](O)CC[C@@]43C)[C@@H]1CC[C@H]2OS(=O)(=O)OS(=O)(=O)O. The molecule has 4 rings (SSSR count). The maximum atomic E-state index is 12.0. The van der Waals surface area contributed by atoms with Gasteiger partial charge < -0.3 is 5.11 Å². The highest BCUT2D eigenvalue weighted by atomic mass is 32.3. The van der Waals surface area contributed by atoms with E-state index in [1.807, 2.05) is 6.92 Å². The number of aliphatic hydroxyl groups is 1. The molecule has 0 saturated heterocycles. The summed E-state index contributed by atoms with van der Waals surface area (Å²) in [5, 5.41) is 10.1. The fourth-order valence-electron chi connectivity index (χ4n) is 7.61. The van der Waals surface area contributed by atoms with Crippen LogP contribution in [0, 0.1) is 34.5 Å². The Morgan fingerprint density at radius 2 is 1.52 bits per heavy atom. The van der Waals surface area contributed by atoms with Crippen molar-refractivity contribution in [2.45, 2.75) is 83.8 Å². The molecule has 4 aliphatic carbocycles. The molecule has 2 N–H and O–H groups in total. The molecule has 0 amide bonds. The zero-order chi connectivity index (χ0) is 21.2. The van der Waals surface area contributed by atoms with Crippen LogP contribution < -0.4 is 0 Å². The molecular weight excluding hydrogens is 420 g/mol. The zero-order valence-corrected chi connectivity index (χ0v) is 18.6. The number of hydrogen-bond acceptors (Lipinski definition) is 7. The van der Waals surface area contributed by atoms with Gasteiger partial charge in [-0.2, -0.15) is 16.8 Å². The smallest absolute Gasteiger partial charge is 0.393 e. The van der Waals surface area contributed by atoms with Gasteiger partial charge in [-0.05, 0) is 92.3 Å². The normalized spacial score (nSPS) is 47.9. The number of rotatable bonds is 4. The predicted molar refractivity (Wildman–Crippen MR) is 104 cm³/mol. The lowest BCUT2D eigenvalue weighted by atomic mass is 9.45. The van der Waals surface area contributed by atoms with Gasteiger partial charge in [0.2, 0.25) is 0 Å². The first-order chi connectivity index (χ1) is 13.3. The lowest BCUT2D eigenvalue weighted by molar-refractivity contribution is -0.131. The Labute approximate surface area is 173 Å². The van der Waals surface area contributed by atoms with Gasteiger partial charge >= 0.3 is 20.8 Å². The molecule has 0 radical (unpaired) electrons. The summed E-state index contributed by atoms with van der Waals surface area (Å²) in [7, 11) is -9.99. The van der Waals surface area contributed by atoms with Gasteiger partial charge in [0.25, 0.3) is 0 Å². The van der Waals surface area contributed by atoms with Crippen LogP contribution in [0.25, 0.3) is 0 Å². The molecule has 0 aromatic carbocycles. The Morgan fingerprint density at radius 1 is 0.862 bits per heavy atom. The first-order valence-corrected chi connectivity index (χ1v) is 13.3. The fraction of sp³-hybridized carbons (Fsp3) is 1.00. The van der Waals surface area contributed by atoms with Gasteiger partial charge in [0, 0.05) is 0 Å². The van der Waals surface area contributed by atoms with Gasteiger partial charge in [0.1, 0.15) is 0 Å². The minimum Gasteiger partial charge on any atom is -0.393 e. The summed E-state index contributed by atoms with van der Waals surface area (Å²) in [6.45, 7) is 4.43. The minimum atomic E-state index is -5.15. The second kappa shape index (κ2) is 7.13. The van der Waals surface area contributed by atoms with Crippen molar-refractivity contribution < 1.29 is 34.3 Å². The van der Waals surface area contributed by atoms with Crippen molar-refractivity contribution in [1.82, 2.24) is 0 Å². The lowest BCUT2D eigenvalue weighted by Gasteiger charge is -2.60. The average Bonchev–Trinajstić information content (AvgIpc) is 2.89. The molecule has 0 aromatic heterocycles. The Balaban J connectivity index is 1.53. The highest BCUT2D eigenvalue weighted by Crippen LogP contribution is 2.66. The van der Waals surface area contributed by atoms with Crippen molar-refractivity contribution in [1.29, 1.82) is 0 Å². The highest BCUT2D eigenvalue weighted by Gasteiger charge is 2.61. The van der Waals surface area contributed by atoms with Crippen LogP contribution in [0.5, 0.6) is 0 Å². The maximum Gasteiger partial charge on any atom is 0.416 e. The lowest BCUT2D eigenvalue weighted by Crippen LogP contribution is -2.54. The largest absolute Gasteiger partial charge is 0.416 e. The second-order valence-corrected chi connectivity index (χ2v) is 12.6. The molecule has 8 nitrogen and oxygen atoms in total. The molecule has 0 aliphatic heterocycles. The molecule has 1 unspecified atom stereocenters. The molecule has 4 saturated carbocycles. The van der Waals surface area contributed by atoms with E-state index < -0.39 is 26.9 Å². The third kappa shape index (κ3) is 3.89. The van der Waals surface area contributed by atoms with Crippen LogP contribution in [0.1, 0.15) is 71.6 Å². The van der Waals surface area contributed by atoms with E-state index in [1.165, 1.54) is 0 Å². The van der Waals surface area contributed by atoms with E-state index >= 15 is 0 Å². The summed E-state index contributed by atoms with van der Waals surface area (Å²) < 4.78 is 63.2. The summed E-state index contributed by atoms with van der Waals surface area (Å²) in [6, 6.07) is 0. The summed E-state index contributed by atoms with van der Waals surface area (Å²) >= 11 is 0. The number of fused-ring (bicyclic) bond motifs is 5. The molecule has 10 heteroatoms. The van der Waals surface area contributed by atoms with Crippen molar-refractivity contribution in [2.75, 3.05) is 0 Å². The Kier molecular flexibility index (Phi) is 5.40. The van der Waals surface area contributed by atoms with E-state index in [0.29, 0.717) is 30.1 Å². The fourth-order valence-corrected chi connectivity index (χ4v) is 9.18. The molecular formula is C19H32O8S2. The third-order valence-electron chi connectivity index (χ3n) is 8.95. The van der Waals surface area contributed by atoms with Crippen LogP contribution >= 0.6 is 0 Å². The van der Waals surface area contributed by atoms with Gasteiger partial charge in [-0.3, -0.25) is 4.55 Å². The quantitative estimate of drug-likeness (QED) is 0.623. The van der Waals surface area contributed by atoms with Gasteiger partial charge in [-0.25, -0.2) is 4.18 Å². The van der Waals surface area contributed by atoms with E-state index in [0.717, 1.165) is 51.4 Å². The molecule has 0 aromatic rings. The van der Waals surface area contributed by atoms with Crippen LogP contribution in [-0.4, -0.2) is 38.7 Å². The summed E-state index contributed by atoms with van der Waals surface area (Å²) in [5.74, 6) is 1.92. The maximum absolute atomic E-state index is 12.0. The first-order valence-electron chi connectivity index (χ1n) is 10.6. The van der Waals surface area contributed by atoms with Crippen molar-refractivity contribution in [3.05, 3.63) is 0 Å². The molecule has 0 bridgehead atoms. The number of aliphatic hydroxyl groups excluding tert-OH is 1. The predicted octanol–water partition coefficient (Wildman–Crippen LogP) is 2.84. The molecule has 8 atom stereocenters. The summed E-state index contributed by atoms with van der Waals surface area (Å²) in [6.07, 6.45) is 7.29. The van der Waals surface area contributed by atoms with E-state index in [4.69, 9.17) is 8.74 Å². The van der Waals surface area contributed by atoms with Crippen molar-refractivity contribution >= 4 is 20.8 Å². The van der Waals surface area contributed by atoms with E-state index in [9.17, 15) is 21.9 Å². The topological polar surface area (TPSA) is 127 Å². The van der Waals surface area contributed by atoms with Crippen LogP contribution in [-0.2, 0) is 28.6 Å². The van der Waals surface area contributed by atoms with E-state index in [2.05, 4.69) is 10.6 Å². The standard InChI is InChI=1S/C19H32O8S2/c1-18-9-7-13(20)11-12(18)3-4-14-15-5-6-17(19(15,2)10-8-16(14)18)26-29(24,25)27-28(21,22)23/h12-17,20H,3-11H2,1-2H3,(H,21,22,23)/t12?,13-,14-,15-,16-,17+,18-,19-/m0/s1. The molecule has 4 aliphatic rings. The van der Waals surface area contributed by atoms with Gasteiger partial charge in [0.05, 0.1) is 12.2 Å². The van der Waals surface area contributed by atoms with Crippen LogP contribution in [0.4, 0.5) is 0 Å². The zero-order valence-electron chi connectivity index (χ0n) is 17.0. The monoisotopic (exact) mass is 452 g/mol. The Morgan fingerprint density at radius 3 is 2.21 bits per heavy atom. The molecule has 4 fully saturated rings. The van der Waals surface area contributed by atoms with Crippen molar-refractivity contribution in [2.24, 2.45) is 34.5 Å². The van der Waals surface area contributed by atoms with Crippen LogP contribution in [0.3, 0.4) is 0 Å². The van der Waals surface area contributed by atoms with Crippen molar-refractivity contribution in [3.63, 3.8) is 0 Å². The van der Waals surface area contributed by atoms with Crippen LogP contribution in [0.2, 0.25) is 0 Å². The minimum absolute atomic E-state index is 0.184. The third-order valence-corrected chi connectivity index (χ3v) is 10.8. The van der Waals surface area contributed by atoms with Crippen molar-refractivity contribution in [3.8, 4) is 0 Å². The number of hydrogen-bond donors (Lipinski definition) is 2. The molecule has 29 heavy (non-hydrogen) atoms. The summed E-state index contributed by atoms with van der Waals surface area (Å²) in [4.78, 5) is 0. The van der Waals surface area contributed by atoms with E-state index in [1.54, 1.807) is 0 Å². The van der Waals surface area contributed by atoms with Crippen LogP contribution in [0.15, 0.2) is 0 Å². The molecule has 0 heterocycles. The highest BCUT2D eigenvalue weighted by molar-refractivity contribution is 7.94. The van der Waals surface area contributed by atoms with E-state index in [-0.39, 0.29) is 16.9 Å². The summed E-state index contributed by atoms with van der Waals surface area (Å²) in [5.41, 5.74) is -0.142. The van der Waals surface area contributed by atoms with Gasteiger partial charge in [0.15, 0.2) is 0 Å². The van der Waals surface area contributed by atoms with Gasteiger partial charge in [-0.15, -0.1) is 3.63 Å². The molecule has 168 valence electrons. The van der Waals surface area contributed by atoms with Gasteiger partial charge in [-0.1, -0.05) is 13.8 Å². The second-order valence-electron chi connectivity index (χ2n) is 10.2. The first kappa shape index (κ1) is 22.0. The average molecular weight is 453 g/mol. The Bertz CT molecular complexity index is 855. The molecule has 0 spiro atoms.